The molecule has 4 aromatic carbocycles. The maximum atomic E-state index is 8.40. The van der Waals surface area contributed by atoms with E-state index in [2.05, 4.69) is 103 Å². The van der Waals surface area contributed by atoms with E-state index in [0.717, 1.165) is 0 Å². The van der Waals surface area contributed by atoms with Gasteiger partial charge in [0.2, 0.25) is 0 Å². The first-order chi connectivity index (χ1) is 15.0. The van der Waals surface area contributed by atoms with Gasteiger partial charge in [0.1, 0.15) is 0 Å². The third-order valence-electron chi connectivity index (χ3n) is 5.50. The molecule has 0 spiro atoms. The van der Waals surface area contributed by atoms with Gasteiger partial charge in [0.15, 0.2) is 0 Å². The number of fused-ring (bicyclic) bond motifs is 2. The summed E-state index contributed by atoms with van der Waals surface area (Å²) in [6.45, 7) is 6.25. The Morgan fingerprint density at radius 1 is 0.765 bits per heavy atom. The molecule has 1 aliphatic carbocycles. The van der Waals surface area contributed by atoms with Gasteiger partial charge in [-0.05, 0) is 33.8 Å². The Balaban J connectivity index is 0.000000578. The van der Waals surface area contributed by atoms with Gasteiger partial charge in [-0.1, -0.05) is 87.5 Å². The molecule has 1 radical (unpaired) electrons. The van der Waals surface area contributed by atoms with Crippen molar-refractivity contribution in [2.45, 2.75) is 26.7 Å². The quantitative estimate of drug-likeness (QED) is 0.311. The summed E-state index contributed by atoms with van der Waals surface area (Å²) in [6.07, 6.45) is 2.33. The summed E-state index contributed by atoms with van der Waals surface area (Å²) in [7, 11) is 0. The van der Waals surface area contributed by atoms with E-state index < -0.39 is 0 Å². The minimum atomic E-state index is 0. The van der Waals surface area contributed by atoms with E-state index >= 15 is 0 Å². The third-order valence-corrected chi connectivity index (χ3v) is 5.50. The van der Waals surface area contributed by atoms with Crippen molar-refractivity contribution >= 4 is 22.4 Å². The van der Waals surface area contributed by atoms with E-state index in [9.17, 15) is 0 Å². The van der Waals surface area contributed by atoms with Crippen molar-refractivity contribution < 1.29 is 51.6 Å². The molecule has 1 nitrogen and oxygen atoms in total. The molecule has 4 heteroatoms. The van der Waals surface area contributed by atoms with Crippen LogP contribution in [0.2, 0.25) is 0 Å². The molecule has 4 aromatic rings. The summed E-state index contributed by atoms with van der Waals surface area (Å²) >= 11 is 0. The molecule has 34 heavy (non-hydrogen) atoms. The van der Waals surface area contributed by atoms with Crippen LogP contribution in [0.25, 0.3) is 22.4 Å². The van der Waals surface area contributed by atoms with Crippen LogP contribution in [-0.4, -0.2) is 11.7 Å². The monoisotopic (exact) mass is 523 g/mol. The normalized spacial score (nSPS) is 13.8. The van der Waals surface area contributed by atoms with Gasteiger partial charge in [0.25, 0.3) is 0 Å². The molecule has 0 heterocycles. The Labute approximate surface area is 231 Å². The van der Waals surface area contributed by atoms with E-state index in [0.29, 0.717) is 0 Å². The SMILES string of the molecule is CC(C)(C)CO.[Cl-].[Cl-].[Ti+3].[c-]1c(C2C(c3ccccc3)=Cc3ccccc32)ccc2ccccc12. The van der Waals surface area contributed by atoms with Crippen molar-refractivity contribution in [3.8, 4) is 0 Å². The Hall–Kier alpha value is -1.87. The van der Waals surface area contributed by atoms with E-state index in [1.165, 1.54) is 38.6 Å². The second kappa shape index (κ2) is 13.3. The molecule has 1 N–H and O–H groups in total. The maximum Gasteiger partial charge on any atom is 3.00 e. The number of rotatable bonds is 2. The van der Waals surface area contributed by atoms with Gasteiger partial charge >= 0.3 is 21.7 Å². The van der Waals surface area contributed by atoms with Gasteiger partial charge in [0.05, 0.1) is 0 Å². The van der Waals surface area contributed by atoms with E-state index in [4.69, 9.17) is 5.11 Å². The van der Waals surface area contributed by atoms with Crippen LogP contribution in [0, 0.1) is 11.5 Å². The molecule has 1 aliphatic rings. The fourth-order valence-corrected chi connectivity index (χ4v) is 3.84. The standard InChI is InChI=1S/C25H17.C5H12O.2ClH.Ti/c1-2-9-19(10-3-1)24-17-21-12-6-7-13-23(21)25(24)22-15-14-18-8-4-5-11-20(18)16-22;1-5(2,3)4-6;;;/h1-15,17,25H;6H,4H2,1-3H3;2*1H;/q-1;;;;+3/p-2. The molecule has 1 unspecified atom stereocenters. The summed E-state index contributed by atoms with van der Waals surface area (Å²) < 4.78 is 0. The summed E-state index contributed by atoms with van der Waals surface area (Å²) in [5, 5.41) is 10.8. The van der Waals surface area contributed by atoms with Crippen LogP contribution in [0.5, 0.6) is 0 Å². The smallest absolute Gasteiger partial charge is 1.00 e. The largest absolute Gasteiger partial charge is 3.00 e. The van der Waals surface area contributed by atoms with E-state index in [-0.39, 0.29) is 64.5 Å². The van der Waals surface area contributed by atoms with Crippen LogP contribution < -0.4 is 24.8 Å². The molecule has 0 aromatic heterocycles. The zero-order chi connectivity index (χ0) is 21.8. The minimum absolute atomic E-state index is 0. The van der Waals surface area contributed by atoms with E-state index in [1.807, 2.05) is 20.8 Å². The van der Waals surface area contributed by atoms with Crippen molar-refractivity contribution in [1.29, 1.82) is 0 Å². The third kappa shape index (κ3) is 7.07. The van der Waals surface area contributed by atoms with Crippen LogP contribution in [0.15, 0.2) is 91.0 Å². The minimum Gasteiger partial charge on any atom is -1.00 e. The summed E-state index contributed by atoms with van der Waals surface area (Å²) in [4.78, 5) is 0. The Bertz CT molecular complexity index is 1210. The number of aliphatic hydroxyl groups excluding tert-OH is 1. The number of hydrogen-bond acceptors (Lipinski definition) is 1. The van der Waals surface area contributed by atoms with Gasteiger partial charge in [0, 0.05) is 12.5 Å². The zero-order valence-corrected chi connectivity index (χ0v) is 22.8. The average Bonchev–Trinajstić information content (AvgIpc) is 3.19. The average molecular weight is 524 g/mol. The summed E-state index contributed by atoms with van der Waals surface area (Å²) in [5.41, 5.74) is 6.65. The van der Waals surface area contributed by atoms with Gasteiger partial charge in [-0.2, -0.15) is 0 Å². The van der Waals surface area contributed by atoms with Crippen LogP contribution >= 0.6 is 0 Å². The molecule has 0 saturated heterocycles. The fraction of sp³-hybridized carbons (Fsp3) is 0.200. The summed E-state index contributed by atoms with van der Waals surface area (Å²) in [5.74, 6) is 0.239. The van der Waals surface area contributed by atoms with Crippen LogP contribution in [-0.2, 0) is 21.7 Å². The molecule has 0 amide bonds. The van der Waals surface area contributed by atoms with Gasteiger partial charge in [-0.3, -0.25) is 0 Å². The Morgan fingerprint density at radius 2 is 1.35 bits per heavy atom. The number of hydrogen-bond donors (Lipinski definition) is 1. The fourth-order valence-electron chi connectivity index (χ4n) is 3.84. The number of allylic oxidation sites excluding steroid dienone is 1. The summed E-state index contributed by atoms with van der Waals surface area (Å²) in [6, 6.07) is 36.0. The maximum absolute atomic E-state index is 8.40. The van der Waals surface area contributed by atoms with Crippen LogP contribution in [0.1, 0.15) is 48.9 Å². The number of aliphatic hydroxyl groups is 1. The van der Waals surface area contributed by atoms with Crippen LogP contribution in [0.4, 0.5) is 0 Å². The predicted molar refractivity (Wildman–Crippen MR) is 132 cm³/mol. The molecular weight excluding hydrogens is 495 g/mol. The second-order valence-electron chi connectivity index (χ2n) is 9.25. The van der Waals surface area contributed by atoms with Crippen LogP contribution in [0.3, 0.4) is 0 Å². The number of benzene rings is 4. The molecule has 5 rings (SSSR count). The Kier molecular flexibility index (Phi) is 11.8. The second-order valence-corrected chi connectivity index (χ2v) is 9.25. The van der Waals surface area contributed by atoms with Gasteiger partial charge in [-0.15, -0.1) is 46.7 Å². The van der Waals surface area contributed by atoms with Crippen molar-refractivity contribution in [1.82, 2.24) is 0 Å². The molecule has 0 fully saturated rings. The first-order valence-electron chi connectivity index (χ1n) is 10.8. The van der Waals surface area contributed by atoms with Crippen molar-refractivity contribution in [2.24, 2.45) is 5.41 Å². The van der Waals surface area contributed by atoms with Gasteiger partial charge < -0.3 is 29.9 Å². The Morgan fingerprint density at radius 3 is 2.03 bits per heavy atom. The first kappa shape index (κ1) is 30.2. The van der Waals surface area contributed by atoms with Crippen molar-refractivity contribution in [3.05, 3.63) is 119 Å². The van der Waals surface area contributed by atoms with Crippen molar-refractivity contribution in [3.63, 3.8) is 0 Å². The number of halogens is 2. The van der Waals surface area contributed by atoms with E-state index in [1.54, 1.807) is 0 Å². The zero-order valence-electron chi connectivity index (χ0n) is 19.7. The van der Waals surface area contributed by atoms with Gasteiger partial charge in [-0.25, -0.2) is 0 Å². The van der Waals surface area contributed by atoms with Crippen molar-refractivity contribution in [2.75, 3.05) is 6.61 Å². The molecule has 0 saturated carbocycles. The predicted octanol–water partition coefficient (Wildman–Crippen LogP) is 1.36. The first-order valence-corrected chi connectivity index (χ1v) is 10.8. The molecule has 173 valence electrons. The molecular formula is C30H29Cl2OTi. The molecule has 0 bridgehead atoms. The molecule has 1 atom stereocenters. The molecule has 0 aliphatic heterocycles. The topological polar surface area (TPSA) is 20.2 Å².